The summed E-state index contributed by atoms with van der Waals surface area (Å²) >= 11 is 12.6. The predicted octanol–water partition coefficient (Wildman–Crippen LogP) is 6.36. The number of hydrogen-bond donors (Lipinski definition) is 0. The van der Waals surface area contributed by atoms with Gasteiger partial charge in [-0.05, 0) is 61.9 Å². The highest BCUT2D eigenvalue weighted by atomic mass is 35.5. The summed E-state index contributed by atoms with van der Waals surface area (Å²) in [6.45, 7) is 4.27. The number of halogens is 2. The fourth-order valence-corrected chi connectivity index (χ4v) is 5.36. The third-order valence-corrected chi connectivity index (χ3v) is 7.35. The molecule has 2 saturated heterocycles. The van der Waals surface area contributed by atoms with E-state index in [2.05, 4.69) is 6.92 Å². The van der Waals surface area contributed by atoms with Crippen LogP contribution in [0.15, 0.2) is 48.5 Å². The van der Waals surface area contributed by atoms with E-state index in [1.165, 1.54) is 0 Å². The lowest BCUT2D eigenvalue weighted by molar-refractivity contribution is -0.112. The fraction of sp³-hybridized carbons (Fsp3) is 0.500. The number of hydrogen-bond acceptors (Lipinski definition) is 3. The van der Waals surface area contributed by atoms with Crippen molar-refractivity contribution in [2.75, 3.05) is 19.8 Å². The molecule has 0 radical (unpaired) electrons. The second kappa shape index (κ2) is 11.0. The highest BCUT2D eigenvalue weighted by Crippen LogP contribution is 2.39. The van der Waals surface area contributed by atoms with Gasteiger partial charge in [-0.1, -0.05) is 54.4 Å². The van der Waals surface area contributed by atoms with Crippen molar-refractivity contribution in [3.05, 3.63) is 69.7 Å². The van der Waals surface area contributed by atoms with Gasteiger partial charge in [0.15, 0.2) is 0 Å². The Morgan fingerprint density at radius 1 is 1.12 bits per heavy atom. The summed E-state index contributed by atoms with van der Waals surface area (Å²) in [4.78, 5) is 15.7. The Morgan fingerprint density at radius 2 is 1.94 bits per heavy atom. The molecule has 32 heavy (non-hydrogen) atoms. The van der Waals surface area contributed by atoms with E-state index in [1.54, 1.807) is 0 Å². The molecule has 4 unspecified atom stereocenters. The molecule has 2 heterocycles. The van der Waals surface area contributed by atoms with Gasteiger partial charge in [0.2, 0.25) is 0 Å². The van der Waals surface area contributed by atoms with E-state index in [0.29, 0.717) is 22.2 Å². The Morgan fingerprint density at radius 3 is 2.62 bits per heavy atom. The van der Waals surface area contributed by atoms with Gasteiger partial charge in [-0.15, -0.1) is 0 Å². The van der Waals surface area contributed by atoms with Crippen LogP contribution < -0.4 is 0 Å². The standard InChI is InChI=1S/C26H31Cl2NO3/c1-2-24(32-20-10-7-15-31-17-20)25-21(19-12-13-22(27)23(28)16-19)11-6-14-29(25)26(30)18-8-4-3-5-9-18/h3-5,8-9,12-13,16,20-21,24-25H,2,6-7,10-11,14-15,17H2,1H3. The van der Waals surface area contributed by atoms with Gasteiger partial charge in [-0.2, -0.15) is 0 Å². The Kier molecular flexibility index (Phi) is 8.12. The molecule has 2 aromatic carbocycles. The molecular weight excluding hydrogens is 445 g/mol. The molecule has 1 amide bonds. The summed E-state index contributed by atoms with van der Waals surface area (Å²) < 4.78 is 12.3. The first-order chi connectivity index (χ1) is 15.6. The van der Waals surface area contributed by atoms with Crippen LogP contribution in [0.2, 0.25) is 10.0 Å². The minimum atomic E-state index is -0.0888. The van der Waals surface area contributed by atoms with Crippen molar-refractivity contribution in [1.82, 2.24) is 4.90 Å². The first-order valence-electron chi connectivity index (χ1n) is 11.6. The van der Waals surface area contributed by atoms with Crippen molar-refractivity contribution in [2.45, 2.75) is 63.2 Å². The maximum atomic E-state index is 13.6. The quantitative estimate of drug-likeness (QED) is 0.487. The van der Waals surface area contributed by atoms with Crippen LogP contribution >= 0.6 is 23.2 Å². The Labute approximate surface area is 200 Å². The van der Waals surface area contributed by atoms with Crippen molar-refractivity contribution in [3.63, 3.8) is 0 Å². The fourth-order valence-electron chi connectivity index (χ4n) is 5.05. The summed E-state index contributed by atoms with van der Waals surface area (Å²) in [5, 5.41) is 1.09. The molecule has 0 bridgehead atoms. The largest absolute Gasteiger partial charge is 0.379 e. The number of likely N-dealkylation sites (tertiary alicyclic amines) is 1. The Balaban J connectivity index is 1.68. The van der Waals surface area contributed by atoms with Crippen LogP contribution in [0.25, 0.3) is 0 Å². The Hall–Kier alpha value is -1.59. The average molecular weight is 476 g/mol. The smallest absolute Gasteiger partial charge is 0.254 e. The van der Waals surface area contributed by atoms with Crippen molar-refractivity contribution < 1.29 is 14.3 Å². The number of benzene rings is 2. The topological polar surface area (TPSA) is 38.8 Å². The summed E-state index contributed by atoms with van der Waals surface area (Å²) in [6, 6.07) is 15.3. The molecule has 0 aliphatic carbocycles. The van der Waals surface area contributed by atoms with Crippen LogP contribution in [0.4, 0.5) is 0 Å². The highest BCUT2D eigenvalue weighted by molar-refractivity contribution is 6.42. The summed E-state index contributed by atoms with van der Waals surface area (Å²) in [7, 11) is 0. The monoisotopic (exact) mass is 475 g/mol. The second-order valence-corrected chi connectivity index (χ2v) is 9.51. The molecule has 6 heteroatoms. The van der Waals surface area contributed by atoms with Gasteiger partial charge >= 0.3 is 0 Å². The van der Waals surface area contributed by atoms with Crippen LogP contribution in [0.1, 0.15) is 60.9 Å². The molecule has 4 rings (SSSR count). The summed E-state index contributed by atoms with van der Waals surface area (Å²) in [5.41, 5.74) is 1.82. The van der Waals surface area contributed by atoms with Gasteiger partial charge in [0.25, 0.3) is 5.91 Å². The van der Waals surface area contributed by atoms with E-state index < -0.39 is 0 Å². The van der Waals surface area contributed by atoms with Gasteiger partial charge in [-0.25, -0.2) is 0 Å². The number of rotatable bonds is 6. The van der Waals surface area contributed by atoms with Crippen molar-refractivity contribution in [1.29, 1.82) is 0 Å². The van der Waals surface area contributed by atoms with E-state index in [1.807, 2.05) is 53.4 Å². The molecule has 2 fully saturated rings. The van der Waals surface area contributed by atoms with E-state index in [9.17, 15) is 4.79 Å². The molecular formula is C26H31Cl2NO3. The first kappa shape index (κ1) is 23.6. The summed E-state index contributed by atoms with van der Waals surface area (Å²) in [6.07, 6.45) is 4.71. The minimum absolute atomic E-state index is 0.0577. The maximum absolute atomic E-state index is 13.6. The first-order valence-corrected chi connectivity index (χ1v) is 12.4. The molecule has 4 nitrogen and oxygen atoms in total. The number of piperidine rings is 1. The van der Waals surface area contributed by atoms with Crippen LogP contribution in [0.5, 0.6) is 0 Å². The van der Waals surface area contributed by atoms with Gasteiger partial charge in [-0.3, -0.25) is 4.79 Å². The predicted molar refractivity (Wildman–Crippen MR) is 129 cm³/mol. The average Bonchev–Trinajstić information content (AvgIpc) is 2.84. The van der Waals surface area contributed by atoms with E-state index >= 15 is 0 Å². The van der Waals surface area contributed by atoms with Crippen molar-refractivity contribution in [2.24, 2.45) is 0 Å². The highest BCUT2D eigenvalue weighted by Gasteiger charge is 2.41. The lowest BCUT2D eigenvalue weighted by Crippen LogP contribution is -2.55. The Bertz CT molecular complexity index is 901. The van der Waals surface area contributed by atoms with Gasteiger partial charge < -0.3 is 14.4 Å². The van der Waals surface area contributed by atoms with Gasteiger partial charge in [0, 0.05) is 24.6 Å². The van der Waals surface area contributed by atoms with Crippen molar-refractivity contribution in [3.8, 4) is 0 Å². The molecule has 172 valence electrons. The lowest BCUT2D eigenvalue weighted by Gasteiger charge is -2.46. The van der Waals surface area contributed by atoms with Crippen LogP contribution in [0, 0.1) is 0 Å². The second-order valence-electron chi connectivity index (χ2n) is 8.70. The molecule has 2 aliphatic rings. The molecule has 0 saturated carbocycles. The van der Waals surface area contributed by atoms with E-state index in [-0.39, 0.29) is 30.1 Å². The number of amides is 1. The maximum Gasteiger partial charge on any atom is 0.254 e. The number of carbonyl (C=O) groups is 1. The minimum Gasteiger partial charge on any atom is -0.379 e. The van der Waals surface area contributed by atoms with Gasteiger partial charge in [0.05, 0.1) is 34.9 Å². The molecule has 0 aromatic heterocycles. The molecule has 0 spiro atoms. The number of carbonyl (C=O) groups excluding carboxylic acids is 1. The number of ether oxygens (including phenoxy) is 2. The lowest BCUT2D eigenvalue weighted by atomic mass is 9.79. The third kappa shape index (κ3) is 5.31. The molecule has 2 aliphatic heterocycles. The zero-order valence-electron chi connectivity index (χ0n) is 18.5. The summed E-state index contributed by atoms with van der Waals surface area (Å²) in [5.74, 6) is 0.183. The van der Waals surface area contributed by atoms with Crippen LogP contribution in [-0.2, 0) is 9.47 Å². The van der Waals surface area contributed by atoms with Gasteiger partial charge in [0.1, 0.15) is 0 Å². The third-order valence-electron chi connectivity index (χ3n) is 6.61. The zero-order chi connectivity index (χ0) is 22.5. The van der Waals surface area contributed by atoms with Crippen LogP contribution in [0.3, 0.4) is 0 Å². The molecule has 4 atom stereocenters. The van der Waals surface area contributed by atoms with Crippen molar-refractivity contribution >= 4 is 29.1 Å². The normalized spacial score (nSPS) is 24.8. The molecule has 2 aromatic rings. The van der Waals surface area contributed by atoms with E-state index in [0.717, 1.165) is 50.8 Å². The number of nitrogens with zero attached hydrogens (tertiary/aromatic N) is 1. The zero-order valence-corrected chi connectivity index (χ0v) is 20.0. The SMILES string of the molecule is CCC(OC1CCCOC1)C1C(c2ccc(Cl)c(Cl)c2)CCCN1C(=O)c1ccccc1. The van der Waals surface area contributed by atoms with Crippen LogP contribution in [-0.4, -0.2) is 48.8 Å². The van der Waals surface area contributed by atoms with E-state index in [4.69, 9.17) is 32.7 Å². The molecule has 0 N–H and O–H groups in total.